The normalized spacial score (nSPS) is 23.9. The van der Waals surface area contributed by atoms with Crippen LogP contribution < -0.4 is 0 Å². The lowest BCUT2D eigenvalue weighted by atomic mass is 9.70. The third-order valence-electron chi connectivity index (χ3n) is 10.9. The molecule has 218 valence electrons. The molecule has 0 saturated carbocycles. The van der Waals surface area contributed by atoms with Gasteiger partial charge in [0, 0.05) is 36.8 Å². The van der Waals surface area contributed by atoms with Crippen LogP contribution in [0.5, 0.6) is 0 Å². The number of amides is 1. The summed E-state index contributed by atoms with van der Waals surface area (Å²) in [6, 6.07) is 27.8. The number of hydrogen-bond donors (Lipinski definition) is 0. The largest absolute Gasteiger partial charge is 0.339 e. The summed E-state index contributed by atoms with van der Waals surface area (Å²) < 4.78 is 2.53. The van der Waals surface area contributed by atoms with Crippen molar-refractivity contribution < 1.29 is 4.79 Å². The number of benzene rings is 3. The Morgan fingerprint density at radius 2 is 1.45 bits per heavy atom. The van der Waals surface area contributed by atoms with Crippen LogP contribution in [-0.2, 0) is 5.41 Å². The van der Waals surface area contributed by atoms with E-state index in [1.54, 1.807) is 0 Å². The molecule has 7 rings (SSSR count). The van der Waals surface area contributed by atoms with Crippen LogP contribution in [0, 0.1) is 20.8 Å². The fraction of sp³-hybridized carbons (Fsp3) is 0.459. The van der Waals surface area contributed by atoms with E-state index in [0.29, 0.717) is 18.1 Å². The number of carbonyl (C=O) groups excluding carboxylic acids is 1. The summed E-state index contributed by atoms with van der Waals surface area (Å²) >= 11 is 0. The number of carbonyl (C=O) groups is 1. The molecule has 4 aromatic rings. The zero-order valence-electron chi connectivity index (χ0n) is 25.4. The molecule has 0 unspecified atom stereocenters. The van der Waals surface area contributed by atoms with E-state index in [-0.39, 0.29) is 11.3 Å². The number of rotatable bonds is 6. The Morgan fingerprint density at radius 3 is 2.14 bits per heavy atom. The Hall–Kier alpha value is -3.44. The van der Waals surface area contributed by atoms with Gasteiger partial charge in [-0.25, -0.2) is 4.98 Å². The molecule has 3 aromatic carbocycles. The van der Waals surface area contributed by atoms with E-state index in [0.717, 1.165) is 66.9 Å². The quantitative estimate of drug-likeness (QED) is 0.247. The molecule has 1 aromatic heterocycles. The minimum Gasteiger partial charge on any atom is -0.339 e. The molecule has 1 amide bonds. The van der Waals surface area contributed by atoms with Gasteiger partial charge in [0.05, 0.1) is 11.0 Å². The smallest absolute Gasteiger partial charge is 0.254 e. The number of aryl methyl sites for hydroxylation is 3. The first-order valence-electron chi connectivity index (χ1n) is 16.0. The number of para-hydroxylation sites is 2. The van der Waals surface area contributed by atoms with Gasteiger partial charge < -0.3 is 9.47 Å². The summed E-state index contributed by atoms with van der Waals surface area (Å²) in [6.07, 6.45) is 8.27. The maximum Gasteiger partial charge on any atom is 0.254 e. The number of likely N-dealkylation sites (tertiary alicyclic amines) is 1. The minimum absolute atomic E-state index is 0.117. The van der Waals surface area contributed by atoms with Gasteiger partial charge in [-0.15, -0.1) is 0 Å². The van der Waals surface area contributed by atoms with Crippen molar-refractivity contribution >= 4 is 16.9 Å². The summed E-state index contributed by atoms with van der Waals surface area (Å²) in [5.41, 5.74) is 7.04. The predicted octanol–water partition coefficient (Wildman–Crippen LogP) is 7.39. The molecule has 0 aliphatic carbocycles. The molecule has 0 N–H and O–H groups in total. The van der Waals surface area contributed by atoms with Crippen LogP contribution in [0.1, 0.15) is 83.9 Å². The number of hydrogen-bond acceptors (Lipinski definition) is 3. The third-order valence-corrected chi connectivity index (χ3v) is 10.9. The van der Waals surface area contributed by atoms with E-state index >= 15 is 0 Å². The lowest BCUT2D eigenvalue weighted by Gasteiger charge is -2.46. The van der Waals surface area contributed by atoms with Gasteiger partial charge in [-0.3, -0.25) is 9.69 Å². The fourth-order valence-electron chi connectivity index (χ4n) is 8.71. The van der Waals surface area contributed by atoms with E-state index in [4.69, 9.17) is 4.98 Å². The van der Waals surface area contributed by atoms with Crippen molar-refractivity contribution in [3.8, 4) is 0 Å². The molecule has 3 saturated heterocycles. The van der Waals surface area contributed by atoms with Gasteiger partial charge in [0.1, 0.15) is 5.82 Å². The average Bonchev–Trinajstić information content (AvgIpc) is 3.47. The molecule has 5 nitrogen and oxygen atoms in total. The summed E-state index contributed by atoms with van der Waals surface area (Å²) in [7, 11) is 0. The number of piperidine rings is 2. The molecule has 0 spiro atoms. The van der Waals surface area contributed by atoms with Crippen LogP contribution >= 0.6 is 0 Å². The highest BCUT2D eigenvalue weighted by atomic mass is 16.2. The van der Waals surface area contributed by atoms with Crippen LogP contribution in [0.25, 0.3) is 11.0 Å². The molecule has 5 heteroatoms. The highest BCUT2D eigenvalue weighted by molar-refractivity contribution is 5.97. The zero-order valence-corrected chi connectivity index (χ0v) is 25.4. The molecule has 3 atom stereocenters. The summed E-state index contributed by atoms with van der Waals surface area (Å²) in [4.78, 5) is 23.5. The van der Waals surface area contributed by atoms with Crippen molar-refractivity contribution in [3.05, 3.63) is 101 Å². The Kier molecular flexibility index (Phi) is 7.17. The van der Waals surface area contributed by atoms with E-state index in [9.17, 15) is 4.79 Å². The first-order valence-corrected chi connectivity index (χ1v) is 16.0. The number of nitrogens with zero attached hydrogens (tertiary/aromatic N) is 4. The molecule has 4 heterocycles. The van der Waals surface area contributed by atoms with Gasteiger partial charge in [0.15, 0.2) is 0 Å². The number of aromatic nitrogens is 2. The first-order chi connectivity index (χ1) is 20.4. The van der Waals surface area contributed by atoms with Crippen LogP contribution in [0.2, 0.25) is 0 Å². The van der Waals surface area contributed by atoms with Crippen molar-refractivity contribution in [3.63, 3.8) is 0 Å². The molecule has 42 heavy (non-hydrogen) atoms. The summed E-state index contributed by atoms with van der Waals surface area (Å²) in [5, 5.41) is 0. The SMILES string of the molecule is Cc1cccc(C)c1C(=O)N1CCC(CCN2[C@@H]3CC[C@H]2C[C@@H](n2c(C)nc4ccccc42)C3)(c2ccccc2)CC1. The van der Waals surface area contributed by atoms with Gasteiger partial charge in [0.2, 0.25) is 0 Å². The van der Waals surface area contributed by atoms with Crippen molar-refractivity contribution in [1.29, 1.82) is 0 Å². The maximum atomic E-state index is 13.6. The first kappa shape index (κ1) is 27.4. The Labute approximate surface area is 250 Å². The van der Waals surface area contributed by atoms with Crippen LogP contribution in [0.15, 0.2) is 72.8 Å². The van der Waals surface area contributed by atoms with E-state index in [2.05, 4.69) is 102 Å². The molecule has 0 radical (unpaired) electrons. The zero-order chi connectivity index (χ0) is 28.8. The van der Waals surface area contributed by atoms with Crippen molar-refractivity contribution in [2.24, 2.45) is 0 Å². The van der Waals surface area contributed by atoms with Crippen LogP contribution in [0.4, 0.5) is 0 Å². The van der Waals surface area contributed by atoms with E-state index < -0.39 is 0 Å². The second-order valence-electron chi connectivity index (χ2n) is 13.2. The Bertz CT molecular complexity index is 1550. The average molecular weight is 561 g/mol. The lowest BCUT2D eigenvalue weighted by molar-refractivity contribution is 0.0606. The van der Waals surface area contributed by atoms with Crippen molar-refractivity contribution in [2.45, 2.75) is 89.3 Å². The van der Waals surface area contributed by atoms with E-state index in [1.165, 1.54) is 36.8 Å². The van der Waals surface area contributed by atoms with Gasteiger partial charge in [-0.2, -0.15) is 0 Å². The maximum absolute atomic E-state index is 13.6. The Morgan fingerprint density at radius 1 is 0.810 bits per heavy atom. The summed E-state index contributed by atoms with van der Waals surface area (Å²) in [6.45, 7) is 9.09. The van der Waals surface area contributed by atoms with Gasteiger partial charge >= 0.3 is 0 Å². The molecule has 3 aliphatic rings. The van der Waals surface area contributed by atoms with Gasteiger partial charge in [-0.1, -0.05) is 60.7 Å². The highest BCUT2D eigenvalue weighted by Crippen LogP contribution is 2.45. The monoisotopic (exact) mass is 560 g/mol. The highest BCUT2D eigenvalue weighted by Gasteiger charge is 2.44. The summed E-state index contributed by atoms with van der Waals surface area (Å²) in [5.74, 6) is 1.36. The van der Waals surface area contributed by atoms with Crippen molar-refractivity contribution in [2.75, 3.05) is 19.6 Å². The standard InChI is InChI=1S/C37H44N4O/c1-26-10-9-11-27(2)35(26)36(42)39-21-18-37(19-22-39,29-12-5-4-6-13-29)20-23-40-30-16-17-31(40)25-32(24-30)41-28(3)38-33-14-7-8-15-34(33)41/h4-15,30-32H,16-25H2,1-3H3/t30-,31+,32+. The minimum atomic E-state index is 0.117. The molecule has 3 fully saturated rings. The second-order valence-corrected chi connectivity index (χ2v) is 13.2. The molecule has 3 aliphatic heterocycles. The number of fused-ring (bicyclic) bond motifs is 3. The fourth-order valence-corrected chi connectivity index (χ4v) is 8.71. The van der Waals surface area contributed by atoms with Crippen molar-refractivity contribution in [1.82, 2.24) is 19.4 Å². The lowest BCUT2D eigenvalue weighted by Crippen LogP contribution is -2.49. The van der Waals surface area contributed by atoms with Crippen LogP contribution in [0.3, 0.4) is 0 Å². The number of imidazole rings is 1. The topological polar surface area (TPSA) is 41.4 Å². The molecule has 2 bridgehead atoms. The Balaban J connectivity index is 1.07. The second kappa shape index (κ2) is 11.0. The molecular formula is C37H44N4O. The van der Waals surface area contributed by atoms with Crippen LogP contribution in [-0.4, -0.2) is 57.0 Å². The third kappa shape index (κ3) is 4.76. The van der Waals surface area contributed by atoms with E-state index in [1.807, 2.05) is 6.07 Å². The molecular weight excluding hydrogens is 516 g/mol. The van der Waals surface area contributed by atoms with Gasteiger partial charge in [-0.05, 0) is 106 Å². The van der Waals surface area contributed by atoms with Gasteiger partial charge in [0.25, 0.3) is 5.91 Å². The predicted molar refractivity (Wildman–Crippen MR) is 170 cm³/mol.